The fraction of sp³-hybridized carbons (Fsp3) is 0.636. The van der Waals surface area contributed by atoms with Gasteiger partial charge in [0.25, 0.3) is 11.7 Å². The Labute approximate surface area is 114 Å². The van der Waals surface area contributed by atoms with Crippen LogP contribution in [0.15, 0.2) is 4.52 Å². The zero-order chi connectivity index (χ0) is 14.0. The minimum Gasteiger partial charge on any atom is -0.480 e. The molecular formula is C11H15N3O4S. The zero-order valence-electron chi connectivity index (χ0n) is 10.7. The molecule has 2 rings (SSSR count). The molecule has 8 heteroatoms. The van der Waals surface area contributed by atoms with Crippen LogP contribution >= 0.6 is 11.8 Å². The number of nitrogens with zero attached hydrogens (tertiary/aromatic N) is 3. The SMILES string of the molecule is CCCC1SCC(C(=O)O)N1C(=O)c1noc(C)n1. The van der Waals surface area contributed by atoms with Crippen LogP contribution < -0.4 is 0 Å². The first-order valence-electron chi connectivity index (χ1n) is 6.02. The first kappa shape index (κ1) is 13.9. The first-order valence-corrected chi connectivity index (χ1v) is 7.06. The topological polar surface area (TPSA) is 96.5 Å². The number of hydrogen-bond acceptors (Lipinski definition) is 6. The molecule has 2 heterocycles. The van der Waals surface area contributed by atoms with Crippen molar-refractivity contribution in [1.29, 1.82) is 0 Å². The molecule has 1 amide bonds. The zero-order valence-corrected chi connectivity index (χ0v) is 11.5. The van der Waals surface area contributed by atoms with Crippen molar-refractivity contribution >= 4 is 23.6 Å². The highest BCUT2D eigenvalue weighted by molar-refractivity contribution is 8.00. The third-order valence-electron chi connectivity index (χ3n) is 2.87. The normalized spacial score (nSPS) is 22.7. The van der Waals surface area contributed by atoms with E-state index in [4.69, 9.17) is 4.52 Å². The van der Waals surface area contributed by atoms with E-state index in [9.17, 15) is 14.7 Å². The Hall–Kier alpha value is -1.57. The highest BCUT2D eigenvalue weighted by Gasteiger charge is 2.42. The van der Waals surface area contributed by atoms with Crippen molar-refractivity contribution in [1.82, 2.24) is 15.0 Å². The van der Waals surface area contributed by atoms with Crippen molar-refractivity contribution < 1.29 is 19.2 Å². The van der Waals surface area contributed by atoms with Crippen LogP contribution in [0.25, 0.3) is 0 Å². The van der Waals surface area contributed by atoms with Gasteiger partial charge in [-0.2, -0.15) is 4.98 Å². The fourth-order valence-corrected chi connectivity index (χ4v) is 3.51. The summed E-state index contributed by atoms with van der Waals surface area (Å²) in [7, 11) is 0. The molecule has 1 aromatic rings. The average molecular weight is 285 g/mol. The summed E-state index contributed by atoms with van der Waals surface area (Å²) in [6, 6.07) is -0.826. The second-order valence-corrected chi connectivity index (χ2v) is 5.49. The molecule has 0 radical (unpaired) electrons. The summed E-state index contributed by atoms with van der Waals surface area (Å²) >= 11 is 1.48. The van der Waals surface area contributed by atoms with E-state index >= 15 is 0 Å². The van der Waals surface area contributed by atoms with Gasteiger partial charge < -0.3 is 14.5 Å². The summed E-state index contributed by atoms with van der Waals surface area (Å²) in [5.74, 6) is -0.878. The van der Waals surface area contributed by atoms with Crippen molar-refractivity contribution in [2.75, 3.05) is 5.75 Å². The Kier molecular flexibility index (Phi) is 4.08. The molecular weight excluding hydrogens is 270 g/mol. The molecule has 0 spiro atoms. The third kappa shape index (κ3) is 2.73. The Morgan fingerprint density at radius 2 is 2.32 bits per heavy atom. The Bertz CT molecular complexity index is 490. The quantitative estimate of drug-likeness (QED) is 0.886. The molecule has 2 atom stereocenters. The molecule has 0 saturated carbocycles. The number of carboxylic acids is 1. The number of amides is 1. The van der Waals surface area contributed by atoms with E-state index in [0.29, 0.717) is 5.75 Å². The molecule has 1 N–H and O–H groups in total. The van der Waals surface area contributed by atoms with Crippen LogP contribution in [0.1, 0.15) is 36.3 Å². The van der Waals surface area contributed by atoms with Gasteiger partial charge in [-0.3, -0.25) is 4.79 Å². The van der Waals surface area contributed by atoms with Gasteiger partial charge in [-0.1, -0.05) is 18.5 Å². The van der Waals surface area contributed by atoms with Gasteiger partial charge in [0.15, 0.2) is 0 Å². The first-order chi connectivity index (χ1) is 9.04. The van der Waals surface area contributed by atoms with Crippen LogP contribution in [0, 0.1) is 6.92 Å². The summed E-state index contributed by atoms with van der Waals surface area (Å²) in [5, 5.41) is 12.6. The number of hydrogen-bond donors (Lipinski definition) is 1. The van der Waals surface area contributed by atoms with Crippen LogP contribution in [0.5, 0.6) is 0 Å². The average Bonchev–Trinajstić information content (AvgIpc) is 2.95. The molecule has 1 aromatic heterocycles. The molecule has 0 aliphatic carbocycles. The van der Waals surface area contributed by atoms with Gasteiger partial charge in [0.1, 0.15) is 6.04 Å². The number of carbonyl (C=O) groups is 2. The third-order valence-corrected chi connectivity index (χ3v) is 4.22. The van der Waals surface area contributed by atoms with Gasteiger partial charge in [-0.15, -0.1) is 11.8 Å². The van der Waals surface area contributed by atoms with E-state index in [1.165, 1.54) is 16.7 Å². The maximum Gasteiger partial charge on any atom is 0.327 e. The monoisotopic (exact) mass is 285 g/mol. The lowest BCUT2D eigenvalue weighted by Gasteiger charge is -2.25. The van der Waals surface area contributed by atoms with Gasteiger partial charge >= 0.3 is 5.97 Å². The van der Waals surface area contributed by atoms with Crippen LogP contribution in [0.3, 0.4) is 0 Å². The highest BCUT2D eigenvalue weighted by Crippen LogP contribution is 2.33. The predicted octanol–water partition coefficient (Wildman–Crippen LogP) is 1.15. The number of aryl methyl sites for hydroxylation is 1. The summed E-state index contributed by atoms with van der Waals surface area (Å²) in [6.45, 7) is 3.58. The van der Waals surface area contributed by atoms with Crippen molar-refractivity contribution in [2.24, 2.45) is 0 Å². The van der Waals surface area contributed by atoms with Crippen molar-refractivity contribution in [3.05, 3.63) is 11.7 Å². The molecule has 1 fully saturated rings. The van der Waals surface area contributed by atoms with Gasteiger partial charge in [-0.25, -0.2) is 4.79 Å². The number of carbonyl (C=O) groups excluding carboxylic acids is 1. The van der Waals surface area contributed by atoms with Gasteiger partial charge in [-0.05, 0) is 6.42 Å². The summed E-state index contributed by atoms with van der Waals surface area (Å²) in [6.07, 6.45) is 1.62. The minimum atomic E-state index is -1.00. The molecule has 0 aromatic carbocycles. The van der Waals surface area contributed by atoms with Crippen molar-refractivity contribution in [2.45, 2.75) is 38.1 Å². The lowest BCUT2D eigenvalue weighted by Crippen LogP contribution is -2.46. The second-order valence-electron chi connectivity index (χ2n) is 4.28. The van der Waals surface area contributed by atoms with E-state index in [-0.39, 0.29) is 17.1 Å². The minimum absolute atomic E-state index is 0.0765. The molecule has 1 saturated heterocycles. The molecule has 1 aliphatic rings. The van der Waals surface area contributed by atoms with Crippen molar-refractivity contribution in [3.63, 3.8) is 0 Å². The smallest absolute Gasteiger partial charge is 0.327 e. The predicted molar refractivity (Wildman–Crippen MR) is 67.8 cm³/mol. The Morgan fingerprint density at radius 1 is 1.58 bits per heavy atom. The van der Waals surface area contributed by atoms with E-state index in [1.807, 2.05) is 6.92 Å². The molecule has 1 aliphatic heterocycles. The Morgan fingerprint density at radius 3 is 2.84 bits per heavy atom. The molecule has 2 unspecified atom stereocenters. The number of aromatic nitrogens is 2. The maximum absolute atomic E-state index is 12.3. The van der Waals surface area contributed by atoms with Crippen LogP contribution in [-0.4, -0.2) is 49.2 Å². The molecule has 104 valence electrons. The lowest BCUT2D eigenvalue weighted by atomic mass is 10.2. The van der Waals surface area contributed by atoms with Crippen LogP contribution in [-0.2, 0) is 4.79 Å². The molecule has 7 nitrogen and oxygen atoms in total. The van der Waals surface area contributed by atoms with Gasteiger partial charge in [0.05, 0.1) is 5.37 Å². The van der Waals surface area contributed by atoms with E-state index in [2.05, 4.69) is 10.1 Å². The highest BCUT2D eigenvalue weighted by atomic mass is 32.2. The summed E-state index contributed by atoms with van der Waals surface area (Å²) < 4.78 is 4.77. The van der Waals surface area contributed by atoms with E-state index in [1.54, 1.807) is 6.92 Å². The maximum atomic E-state index is 12.3. The van der Waals surface area contributed by atoms with Gasteiger partial charge in [0, 0.05) is 12.7 Å². The number of aliphatic carboxylic acids is 1. The standard InChI is InChI=1S/C11H15N3O4S/c1-3-4-8-14(7(5-19-8)11(16)17)10(15)9-12-6(2)18-13-9/h7-8H,3-5H2,1-2H3,(H,16,17). The summed E-state index contributed by atoms with van der Waals surface area (Å²) in [4.78, 5) is 28.8. The van der Waals surface area contributed by atoms with Crippen molar-refractivity contribution in [3.8, 4) is 0 Å². The Balaban J connectivity index is 2.25. The fourth-order valence-electron chi connectivity index (χ4n) is 2.00. The van der Waals surface area contributed by atoms with Crippen LogP contribution in [0.4, 0.5) is 0 Å². The largest absolute Gasteiger partial charge is 0.480 e. The molecule has 19 heavy (non-hydrogen) atoms. The summed E-state index contributed by atoms with van der Waals surface area (Å²) in [5.41, 5.74) is 0. The van der Waals surface area contributed by atoms with Crippen LogP contribution in [0.2, 0.25) is 0 Å². The number of rotatable bonds is 4. The van der Waals surface area contributed by atoms with Gasteiger partial charge in [0.2, 0.25) is 5.89 Å². The second kappa shape index (κ2) is 5.60. The molecule has 0 bridgehead atoms. The number of carboxylic acid groups (broad SMARTS) is 1. The number of thioether (sulfide) groups is 1. The van der Waals surface area contributed by atoms with E-state index < -0.39 is 17.9 Å². The van der Waals surface area contributed by atoms with E-state index in [0.717, 1.165) is 12.8 Å². The lowest BCUT2D eigenvalue weighted by molar-refractivity contribution is -0.141.